The van der Waals surface area contributed by atoms with Gasteiger partial charge in [-0.2, -0.15) is 11.8 Å². The van der Waals surface area contributed by atoms with Gasteiger partial charge in [0.15, 0.2) is 0 Å². The molecule has 1 rings (SSSR count). The van der Waals surface area contributed by atoms with E-state index < -0.39 is 35.8 Å². The van der Waals surface area contributed by atoms with E-state index in [2.05, 4.69) is 17.1 Å². The first-order chi connectivity index (χ1) is 6.54. The summed E-state index contributed by atoms with van der Waals surface area (Å²) in [6.45, 7) is 0. The van der Waals surface area contributed by atoms with Gasteiger partial charge >= 0.3 is 0 Å². The summed E-state index contributed by atoms with van der Waals surface area (Å²) in [5.41, 5.74) is 0. The molecule has 84 valence electrons. The van der Waals surface area contributed by atoms with Crippen LogP contribution in [-0.4, -0.2) is 62.5 Å². The normalized spacial score (nSPS) is 49.3. The molecule has 1 aliphatic carbocycles. The molecule has 0 saturated heterocycles. The second-order valence-corrected chi connectivity index (χ2v) is 4.46. The Labute approximate surface area is 91.7 Å². The second kappa shape index (κ2) is 5.02. The highest BCUT2D eigenvalue weighted by atomic mass is 32.2. The van der Waals surface area contributed by atoms with Crippen LogP contribution in [0.4, 0.5) is 0 Å². The third-order valence-corrected chi connectivity index (χ3v) is 3.78. The van der Waals surface area contributed by atoms with E-state index >= 15 is 0 Å². The summed E-state index contributed by atoms with van der Waals surface area (Å²) in [4.78, 5) is 0. The van der Waals surface area contributed by atoms with Crippen molar-refractivity contribution in [2.45, 2.75) is 35.8 Å². The maximum atomic E-state index is 9.57. The first-order valence-electron chi connectivity index (χ1n) is 4.10. The molecule has 7 heteroatoms. The summed E-state index contributed by atoms with van der Waals surface area (Å²) in [6, 6.07) is 0. The molecule has 0 bridgehead atoms. The zero-order chi connectivity index (χ0) is 10.9. The molecule has 0 aromatic heterocycles. The average Bonchev–Trinajstić information content (AvgIpc) is 2.20. The highest BCUT2D eigenvalue weighted by Gasteiger charge is 2.49. The molecule has 1 aliphatic rings. The molecule has 0 amide bonds. The molecule has 14 heavy (non-hydrogen) atoms. The van der Waals surface area contributed by atoms with Crippen LogP contribution in [-0.2, 0) is 4.18 Å². The quantitative estimate of drug-likeness (QED) is 0.296. The van der Waals surface area contributed by atoms with Gasteiger partial charge in [-0.1, -0.05) is 0 Å². The summed E-state index contributed by atoms with van der Waals surface area (Å²) >= 11 is 4.81. The highest BCUT2D eigenvalue weighted by Crippen LogP contribution is 2.31. The topological polar surface area (TPSA) is 90.2 Å². The minimum absolute atomic E-state index is 0.513. The van der Waals surface area contributed by atoms with Gasteiger partial charge in [-0.15, -0.1) is 0 Å². The standard InChI is InChI=1S/C7H14O5S2/c1-14-7-5(11)3(9)2(8)4(10)6(7)12-13/h2-11,13H,1H3/t2-,3?,4?,5?,6?,7-/m1/s1. The second-order valence-electron chi connectivity index (χ2n) is 3.23. The number of rotatable bonds is 2. The van der Waals surface area contributed by atoms with Gasteiger partial charge in [0.2, 0.25) is 0 Å². The number of hydrogen-bond acceptors (Lipinski definition) is 7. The smallest absolute Gasteiger partial charge is 0.115 e. The minimum atomic E-state index is -1.41. The van der Waals surface area contributed by atoms with Gasteiger partial charge in [-0.25, -0.2) is 0 Å². The average molecular weight is 242 g/mol. The van der Waals surface area contributed by atoms with Crippen LogP contribution < -0.4 is 0 Å². The van der Waals surface area contributed by atoms with Crippen molar-refractivity contribution in [1.29, 1.82) is 0 Å². The Morgan fingerprint density at radius 2 is 1.50 bits per heavy atom. The van der Waals surface area contributed by atoms with Crippen molar-refractivity contribution in [3.63, 3.8) is 0 Å². The largest absolute Gasteiger partial charge is 0.389 e. The van der Waals surface area contributed by atoms with E-state index in [1.807, 2.05) is 0 Å². The third-order valence-electron chi connectivity index (χ3n) is 2.44. The van der Waals surface area contributed by atoms with E-state index in [1.54, 1.807) is 6.26 Å². The SMILES string of the molecule is CS[C@@H]1C(O)C(O)[C@@H](O)C(O)C1OS. The zero-order valence-corrected chi connectivity index (χ0v) is 9.23. The monoisotopic (exact) mass is 242 g/mol. The van der Waals surface area contributed by atoms with Gasteiger partial charge in [-0.05, 0) is 19.2 Å². The van der Waals surface area contributed by atoms with Crippen molar-refractivity contribution >= 4 is 24.7 Å². The fourth-order valence-electron chi connectivity index (χ4n) is 1.58. The Balaban J connectivity index is 2.84. The molecule has 5 nitrogen and oxygen atoms in total. The molecule has 0 heterocycles. The number of aliphatic hydroxyl groups is 4. The molecule has 4 unspecified atom stereocenters. The molecule has 1 saturated carbocycles. The molecular weight excluding hydrogens is 228 g/mol. The Hall–Kier alpha value is 0.500. The molecule has 0 aromatic carbocycles. The van der Waals surface area contributed by atoms with Crippen molar-refractivity contribution < 1.29 is 24.6 Å². The van der Waals surface area contributed by atoms with Crippen LogP contribution in [0.15, 0.2) is 0 Å². The maximum Gasteiger partial charge on any atom is 0.115 e. The molecule has 0 spiro atoms. The third kappa shape index (κ3) is 2.04. The lowest BCUT2D eigenvalue weighted by Gasteiger charge is -2.42. The number of thioether (sulfide) groups is 1. The molecule has 1 fully saturated rings. The molecule has 0 radical (unpaired) electrons. The fourth-order valence-corrected chi connectivity index (χ4v) is 2.84. The van der Waals surface area contributed by atoms with Crippen LogP contribution in [0, 0.1) is 0 Å². The minimum Gasteiger partial charge on any atom is -0.389 e. The molecule has 0 aromatic rings. The van der Waals surface area contributed by atoms with Crippen molar-refractivity contribution in [3.8, 4) is 0 Å². The van der Waals surface area contributed by atoms with Crippen molar-refractivity contribution in [2.24, 2.45) is 0 Å². The summed E-state index contributed by atoms with van der Waals surface area (Å²) in [5, 5.41) is 37.3. The van der Waals surface area contributed by atoms with E-state index in [0.29, 0.717) is 0 Å². The van der Waals surface area contributed by atoms with E-state index in [4.69, 9.17) is 0 Å². The zero-order valence-electron chi connectivity index (χ0n) is 7.52. The summed E-state index contributed by atoms with van der Waals surface area (Å²) in [5.74, 6) is 0. The Kier molecular flexibility index (Phi) is 4.51. The van der Waals surface area contributed by atoms with Crippen molar-refractivity contribution in [1.82, 2.24) is 0 Å². The van der Waals surface area contributed by atoms with Gasteiger partial charge < -0.3 is 24.6 Å². The van der Waals surface area contributed by atoms with Gasteiger partial charge in [0.25, 0.3) is 0 Å². The fraction of sp³-hybridized carbons (Fsp3) is 1.00. The van der Waals surface area contributed by atoms with Crippen molar-refractivity contribution in [2.75, 3.05) is 6.26 Å². The van der Waals surface area contributed by atoms with Crippen molar-refractivity contribution in [3.05, 3.63) is 0 Å². The Morgan fingerprint density at radius 3 is 1.93 bits per heavy atom. The lowest BCUT2D eigenvalue weighted by molar-refractivity contribution is -0.164. The van der Waals surface area contributed by atoms with Crippen LogP contribution in [0.3, 0.4) is 0 Å². The van der Waals surface area contributed by atoms with Crippen LogP contribution in [0.1, 0.15) is 0 Å². The van der Waals surface area contributed by atoms with E-state index in [-0.39, 0.29) is 0 Å². The van der Waals surface area contributed by atoms with Gasteiger partial charge in [-0.3, -0.25) is 0 Å². The first kappa shape index (κ1) is 12.6. The number of aliphatic hydroxyl groups excluding tert-OH is 4. The predicted octanol–water partition coefficient (Wildman–Crippen LogP) is -1.59. The Bertz CT molecular complexity index is 173. The van der Waals surface area contributed by atoms with Gasteiger partial charge in [0.05, 0.1) is 11.4 Å². The predicted molar refractivity (Wildman–Crippen MR) is 55.2 cm³/mol. The van der Waals surface area contributed by atoms with Crippen LogP contribution in [0.25, 0.3) is 0 Å². The first-order valence-corrected chi connectivity index (χ1v) is 5.75. The van der Waals surface area contributed by atoms with Crippen LogP contribution in [0.2, 0.25) is 0 Å². The lowest BCUT2D eigenvalue weighted by atomic mass is 9.87. The van der Waals surface area contributed by atoms with Gasteiger partial charge in [0.1, 0.15) is 24.4 Å². The molecular formula is C7H14O5S2. The number of thiol groups is 1. The van der Waals surface area contributed by atoms with E-state index in [9.17, 15) is 20.4 Å². The number of hydrogen-bond donors (Lipinski definition) is 5. The highest BCUT2D eigenvalue weighted by molar-refractivity contribution is 7.99. The van der Waals surface area contributed by atoms with Crippen LogP contribution >= 0.6 is 24.7 Å². The van der Waals surface area contributed by atoms with Gasteiger partial charge in [0, 0.05) is 0 Å². The molecule has 4 N–H and O–H groups in total. The molecule has 0 aliphatic heterocycles. The summed E-state index contributed by atoms with van der Waals surface area (Å²) in [6.07, 6.45) is -4.25. The summed E-state index contributed by atoms with van der Waals surface area (Å²) < 4.78 is 4.69. The maximum absolute atomic E-state index is 9.57. The van der Waals surface area contributed by atoms with E-state index in [1.165, 1.54) is 11.8 Å². The lowest BCUT2D eigenvalue weighted by Crippen LogP contribution is -2.62. The summed E-state index contributed by atoms with van der Waals surface area (Å²) in [7, 11) is 0. The Morgan fingerprint density at radius 1 is 1.00 bits per heavy atom. The van der Waals surface area contributed by atoms with E-state index in [0.717, 1.165) is 0 Å². The molecule has 6 atom stereocenters. The van der Waals surface area contributed by atoms with Crippen LogP contribution in [0.5, 0.6) is 0 Å².